The molecule has 29 heavy (non-hydrogen) atoms. The second-order valence-electron chi connectivity index (χ2n) is 10.6. The lowest BCUT2D eigenvalue weighted by Crippen LogP contribution is -2.66. The molecule has 0 aromatic heterocycles. The first-order chi connectivity index (χ1) is 14.1. The summed E-state index contributed by atoms with van der Waals surface area (Å²) in [6, 6.07) is 2.92. The van der Waals surface area contributed by atoms with Crippen molar-refractivity contribution in [3.63, 3.8) is 0 Å². The van der Waals surface area contributed by atoms with Gasteiger partial charge in [0.1, 0.15) is 0 Å². The van der Waals surface area contributed by atoms with Gasteiger partial charge in [-0.25, -0.2) is 0 Å². The average molecular weight is 404 g/mol. The number of aliphatic hydroxyl groups excluding tert-OH is 1. The van der Waals surface area contributed by atoms with Gasteiger partial charge in [-0.2, -0.15) is 8.78 Å². The first kappa shape index (κ1) is 18.4. The van der Waals surface area contributed by atoms with Crippen molar-refractivity contribution in [3.05, 3.63) is 23.8 Å². The lowest BCUT2D eigenvalue weighted by Gasteiger charge is -2.72. The van der Waals surface area contributed by atoms with E-state index in [-0.39, 0.29) is 30.1 Å². The maximum absolute atomic E-state index is 14.6. The highest BCUT2D eigenvalue weighted by Crippen LogP contribution is 2.74. The molecule has 0 aliphatic heterocycles. The molecule has 8 rings (SSSR count). The van der Waals surface area contributed by atoms with Crippen molar-refractivity contribution in [1.82, 2.24) is 0 Å². The number of aliphatic hydroxyl groups is 1. The molecule has 0 amide bonds. The SMILES string of the molecule is OCCCOc1ccc(OCC23CC4C5CC6CC4C(C2)C(C6)C5C3)c(F)c1F. The van der Waals surface area contributed by atoms with E-state index >= 15 is 0 Å². The molecule has 0 heterocycles. The molecule has 7 aliphatic carbocycles. The Morgan fingerprint density at radius 1 is 0.828 bits per heavy atom. The number of benzene rings is 1. The van der Waals surface area contributed by atoms with Crippen molar-refractivity contribution in [2.75, 3.05) is 19.8 Å². The largest absolute Gasteiger partial charge is 0.490 e. The van der Waals surface area contributed by atoms with E-state index in [9.17, 15) is 8.78 Å². The van der Waals surface area contributed by atoms with E-state index in [0.717, 1.165) is 41.4 Å². The number of halogens is 2. The minimum Gasteiger partial charge on any atom is -0.490 e. The minimum atomic E-state index is -0.999. The zero-order valence-corrected chi connectivity index (χ0v) is 16.8. The van der Waals surface area contributed by atoms with E-state index in [1.807, 2.05) is 0 Å². The van der Waals surface area contributed by atoms with Crippen molar-refractivity contribution in [3.8, 4) is 11.5 Å². The Morgan fingerprint density at radius 2 is 1.34 bits per heavy atom. The third-order valence-electron chi connectivity index (χ3n) is 9.23. The Bertz CT molecular complexity index is 749. The second kappa shape index (κ2) is 6.57. The van der Waals surface area contributed by atoms with Gasteiger partial charge in [-0.15, -0.1) is 0 Å². The summed E-state index contributed by atoms with van der Waals surface area (Å²) in [6.45, 7) is 0.622. The van der Waals surface area contributed by atoms with Crippen LogP contribution in [0.2, 0.25) is 0 Å². The van der Waals surface area contributed by atoms with Crippen LogP contribution in [-0.2, 0) is 0 Å². The fourth-order valence-corrected chi connectivity index (χ4v) is 8.45. The minimum absolute atomic E-state index is 0.00310. The molecule has 0 spiro atoms. The fraction of sp³-hybridized carbons (Fsp3) is 0.750. The third-order valence-corrected chi connectivity index (χ3v) is 9.23. The van der Waals surface area contributed by atoms with Crippen LogP contribution >= 0.6 is 0 Å². The highest BCUT2D eigenvalue weighted by Gasteiger charge is 2.67. The molecule has 8 bridgehead atoms. The molecular formula is C24H30F2O3. The molecule has 5 heteroatoms. The lowest BCUT2D eigenvalue weighted by molar-refractivity contribution is -0.237. The van der Waals surface area contributed by atoms with Gasteiger partial charge in [0.25, 0.3) is 0 Å². The Kier molecular flexibility index (Phi) is 4.17. The summed E-state index contributed by atoms with van der Waals surface area (Å²) in [7, 11) is 0. The molecule has 7 saturated carbocycles. The van der Waals surface area contributed by atoms with Crippen LogP contribution < -0.4 is 9.47 Å². The first-order valence-electron chi connectivity index (χ1n) is 11.4. The Balaban J connectivity index is 1.17. The maximum Gasteiger partial charge on any atom is 0.204 e. The van der Waals surface area contributed by atoms with E-state index < -0.39 is 11.6 Å². The van der Waals surface area contributed by atoms with Crippen molar-refractivity contribution in [2.45, 2.75) is 44.9 Å². The van der Waals surface area contributed by atoms with Crippen LogP contribution in [0.3, 0.4) is 0 Å². The van der Waals surface area contributed by atoms with Gasteiger partial charge in [-0.3, -0.25) is 0 Å². The topological polar surface area (TPSA) is 38.7 Å². The van der Waals surface area contributed by atoms with Crippen LogP contribution in [0.25, 0.3) is 0 Å². The number of hydrogen-bond acceptors (Lipinski definition) is 3. The smallest absolute Gasteiger partial charge is 0.204 e. The summed E-state index contributed by atoms with van der Waals surface area (Å²) >= 11 is 0. The van der Waals surface area contributed by atoms with Crippen LogP contribution in [0.4, 0.5) is 8.78 Å². The highest BCUT2D eigenvalue weighted by atomic mass is 19.2. The molecule has 0 radical (unpaired) electrons. The summed E-state index contributed by atoms with van der Waals surface area (Å²) in [4.78, 5) is 0. The van der Waals surface area contributed by atoms with Gasteiger partial charge in [0, 0.05) is 18.4 Å². The standard InChI is InChI=1S/C24H30F2O3/c25-22-20(28-5-1-4-27)2-3-21(23(22)26)29-12-24-9-17-14-6-13-7-15(17)19(11-24)16(8-13)18(14)10-24/h2-3,13-19,27H,1,4-12H2. The lowest BCUT2D eigenvalue weighted by atomic mass is 9.33. The van der Waals surface area contributed by atoms with Crippen LogP contribution in [0.15, 0.2) is 12.1 Å². The highest BCUT2D eigenvalue weighted by molar-refractivity contribution is 5.35. The molecular weight excluding hydrogens is 374 g/mol. The molecule has 1 N–H and O–H groups in total. The molecule has 1 aromatic carbocycles. The molecule has 7 fully saturated rings. The summed E-state index contributed by atoms with van der Waals surface area (Å²) in [5.41, 5.74) is 0.160. The van der Waals surface area contributed by atoms with Crippen LogP contribution in [0.1, 0.15) is 44.9 Å². The van der Waals surface area contributed by atoms with E-state index in [2.05, 4.69) is 0 Å². The third kappa shape index (κ3) is 2.68. The molecule has 0 atom stereocenters. The summed E-state index contributed by atoms with van der Waals surface area (Å²) in [6.07, 6.45) is 8.40. The van der Waals surface area contributed by atoms with Crippen molar-refractivity contribution < 1.29 is 23.4 Å². The van der Waals surface area contributed by atoms with Crippen molar-refractivity contribution >= 4 is 0 Å². The van der Waals surface area contributed by atoms with Gasteiger partial charge in [0.05, 0.1) is 13.2 Å². The van der Waals surface area contributed by atoms with Crippen LogP contribution in [-0.4, -0.2) is 24.9 Å². The normalized spacial score (nSPS) is 43.2. The molecule has 0 unspecified atom stereocenters. The monoisotopic (exact) mass is 404 g/mol. The van der Waals surface area contributed by atoms with Crippen LogP contribution in [0, 0.1) is 58.5 Å². The Labute approximate surface area is 170 Å². The first-order valence-corrected chi connectivity index (χ1v) is 11.4. The average Bonchev–Trinajstić information content (AvgIpc) is 2.74. The predicted octanol–water partition coefficient (Wildman–Crippen LogP) is 4.81. The molecule has 158 valence electrons. The number of rotatable bonds is 7. The summed E-state index contributed by atoms with van der Waals surface area (Å²) in [5.74, 6) is 4.28. The van der Waals surface area contributed by atoms with E-state index in [1.165, 1.54) is 50.7 Å². The predicted molar refractivity (Wildman–Crippen MR) is 104 cm³/mol. The number of hydrogen-bond donors (Lipinski definition) is 1. The molecule has 3 nitrogen and oxygen atoms in total. The van der Waals surface area contributed by atoms with E-state index in [0.29, 0.717) is 13.0 Å². The van der Waals surface area contributed by atoms with Crippen LogP contribution in [0.5, 0.6) is 11.5 Å². The van der Waals surface area contributed by atoms with Gasteiger partial charge in [0.15, 0.2) is 11.5 Å². The van der Waals surface area contributed by atoms with Gasteiger partial charge in [-0.05, 0) is 92.1 Å². The second-order valence-corrected chi connectivity index (χ2v) is 10.6. The van der Waals surface area contributed by atoms with Gasteiger partial charge < -0.3 is 14.6 Å². The fourth-order valence-electron chi connectivity index (χ4n) is 8.45. The van der Waals surface area contributed by atoms with Gasteiger partial charge in [0.2, 0.25) is 11.6 Å². The molecule has 7 aliphatic rings. The van der Waals surface area contributed by atoms with E-state index in [4.69, 9.17) is 14.6 Å². The van der Waals surface area contributed by atoms with E-state index in [1.54, 1.807) is 0 Å². The summed E-state index contributed by atoms with van der Waals surface area (Å²) in [5, 5.41) is 8.80. The maximum atomic E-state index is 14.6. The molecule has 1 aromatic rings. The zero-order chi connectivity index (χ0) is 19.8. The number of ether oxygens (including phenoxy) is 2. The van der Waals surface area contributed by atoms with Crippen molar-refractivity contribution in [1.29, 1.82) is 0 Å². The Hall–Kier alpha value is -1.36. The van der Waals surface area contributed by atoms with Crippen molar-refractivity contribution in [2.24, 2.45) is 46.8 Å². The Morgan fingerprint density at radius 3 is 1.86 bits per heavy atom. The molecule has 0 saturated heterocycles. The summed E-state index contributed by atoms with van der Waals surface area (Å²) < 4.78 is 40.1. The van der Waals surface area contributed by atoms with Gasteiger partial charge >= 0.3 is 0 Å². The zero-order valence-electron chi connectivity index (χ0n) is 16.8. The van der Waals surface area contributed by atoms with Gasteiger partial charge in [-0.1, -0.05) is 0 Å². The quantitative estimate of drug-likeness (QED) is 0.663.